The second-order valence-electron chi connectivity index (χ2n) is 4.88. The molecule has 134 valence electrons. The Morgan fingerprint density at radius 2 is 2.08 bits per heavy atom. The van der Waals surface area contributed by atoms with Crippen LogP contribution in [0, 0.1) is 10.1 Å². The van der Waals surface area contributed by atoms with Crippen LogP contribution in [0.25, 0.3) is 0 Å². The Morgan fingerprint density at radius 3 is 2.68 bits per heavy atom. The molecule has 9 nitrogen and oxygen atoms in total. The summed E-state index contributed by atoms with van der Waals surface area (Å²) in [5.74, 6) is 0.283. The van der Waals surface area contributed by atoms with Crippen LogP contribution in [0.2, 0.25) is 0 Å². The van der Waals surface area contributed by atoms with Gasteiger partial charge in [-0.25, -0.2) is 0 Å². The topological polar surface area (TPSA) is 113 Å². The highest BCUT2D eigenvalue weighted by Crippen LogP contribution is 2.34. The van der Waals surface area contributed by atoms with Crippen LogP contribution < -0.4 is 14.8 Å². The van der Waals surface area contributed by atoms with Gasteiger partial charge in [-0.15, -0.1) is 0 Å². The van der Waals surface area contributed by atoms with E-state index in [1.807, 2.05) is 0 Å². The molecule has 1 N–H and O–H groups in total. The second kappa shape index (κ2) is 8.69. The van der Waals surface area contributed by atoms with Crippen molar-refractivity contribution in [2.75, 3.05) is 27.4 Å². The first kappa shape index (κ1) is 18.3. The molecule has 9 heteroatoms. The SMILES string of the molecule is COCCOc1cc([N+](=O)[O-])c(C(=O)NCc2ccco2)cc1OC. The summed E-state index contributed by atoms with van der Waals surface area (Å²) in [5.41, 5.74) is -0.516. The van der Waals surface area contributed by atoms with E-state index in [0.717, 1.165) is 6.07 Å². The average molecular weight is 350 g/mol. The van der Waals surface area contributed by atoms with Crippen LogP contribution in [0.5, 0.6) is 11.5 Å². The van der Waals surface area contributed by atoms with Crippen LogP contribution in [0.1, 0.15) is 16.1 Å². The van der Waals surface area contributed by atoms with Gasteiger partial charge >= 0.3 is 0 Å². The molecule has 0 aliphatic carbocycles. The highest BCUT2D eigenvalue weighted by atomic mass is 16.6. The molecule has 1 heterocycles. The Labute approximate surface area is 143 Å². The van der Waals surface area contributed by atoms with E-state index in [-0.39, 0.29) is 35.9 Å². The lowest BCUT2D eigenvalue weighted by Crippen LogP contribution is -2.23. The lowest BCUT2D eigenvalue weighted by atomic mass is 10.1. The number of nitro groups is 1. The summed E-state index contributed by atoms with van der Waals surface area (Å²) in [6, 6.07) is 5.80. The van der Waals surface area contributed by atoms with Gasteiger partial charge in [-0.05, 0) is 12.1 Å². The summed E-state index contributed by atoms with van der Waals surface area (Å²) in [5, 5.41) is 13.9. The van der Waals surface area contributed by atoms with E-state index in [2.05, 4.69) is 5.32 Å². The van der Waals surface area contributed by atoms with Crippen LogP contribution in [-0.2, 0) is 11.3 Å². The lowest BCUT2D eigenvalue weighted by molar-refractivity contribution is -0.385. The van der Waals surface area contributed by atoms with Crippen molar-refractivity contribution in [2.24, 2.45) is 0 Å². The number of carbonyl (C=O) groups excluding carboxylic acids is 1. The molecular weight excluding hydrogens is 332 g/mol. The molecule has 1 amide bonds. The fourth-order valence-corrected chi connectivity index (χ4v) is 2.07. The number of furan rings is 1. The van der Waals surface area contributed by atoms with Gasteiger partial charge in [0.05, 0.1) is 37.5 Å². The molecule has 0 fully saturated rings. The van der Waals surface area contributed by atoms with Gasteiger partial charge in [-0.2, -0.15) is 0 Å². The zero-order valence-corrected chi connectivity index (χ0v) is 13.8. The third-order valence-electron chi connectivity index (χ3n) is 3.27. The third kappa shape index (κ3) is 4.70. The molecule has 2 rings (SSSR count). The normalized spacial score (nSPS) is 10.3. The second-order valence-corrected chi connectivity index (χ2v) is 4.88. The number of benzene rings is 1. The third-order valence-corrected chi connectivity index (χ3v) is 3.27. The Morgan fingerprint density at radius 1 is 1.28 bits per heavy atom. The maximum atomic E-state index is 12.3. The summed E-state index contributed by atoms with van der Waals surface area (Å²) < 4.78 is 20.6. The highest BCUT2D eigenvalue weighted by molar-refractivity contribution is 5.99. The number of rotatable bonds is 9. The summed E-state index contributed by atoms with van der Waals surface area (Å²) in [7, 11) is 2.89. The summed E-state index contributed by atoms with van der Waals surface area (Å²) in [6.07, 6.45) is 1.47. The van der Waals surface area contributed by atoms with E-state index < -0.39 is 10.8 Å². The lowest BCUT2D eigenvalue weighted by Gasteiger charge is -2.12. The van der Waals surface area contributed by atoms with Crippen molar-refractivity contribution in [3.63, 3.8) is 0 Å². The Kier molecular flexibility index (Phi) is 6.35. The zero-order valence-electron chi connectivity index (χ0n) is 13.8. The molecule has 0 saturated carbocycles. The van der Waals surface area contributed by atoms with Gasteiger partial charge in [0, 0.05) is 13.2 Å². The number of hydrogen-bond acceptors (Lipinski definition) is 7. The van der Waals surface area contributed by atoms with Gasteiger partial charge in [0.1, 0.15) is 17.9 Å². The summed E-state index contributed by atoms with van der Waals surface area (Å²) >= 11 is 0. The number of amides is 1. The predicted octanol–water partition coefficient (Wildman–Crippen LogP) is 2.15. The first-order valence-electron chi connectivity index (χ1n) is 7.35. The van der Waals surface area contributed by atoms with Gasteiger partial charge in [-0.1, -0.05) is 0 Å². The van der Waals surface area contributed by atoms with Crippen molar-refractivity contribution in [1.29, 1.82) is 0 Å². The fourth-order valence-electron chi connectivity index (χ4n) is 2.07. The maximum absolute atomic E-state index is 12.3. The van der Waals surface area contributed by atoms with Crippen LogP contribution in [0.15, 0.2) is 34.9 Å². The number of methoxy groups -OCH3 is 2. The van der Waals surface area contributed by atoms with E-state index in [0.29, 0.717) is 12.4 Å². The smallest absolute Gasteiger partial charge is 0.286 e. The first-order chi connectivity index (χ1) is 12.1. The monoisotopic (exact) mass is 350 g/mol. The van der Waals surface area contributed by atoms with Crippen molar-refractivity contribution >= 4 is 11.6 Å². The molecule has 1 aromatic heterocycles. The molecule has 0 bridgehead atoms. The molecule has 0 radical (unpaired) electrons. The molecule has 0 atom stereocenters. The molecule has 0 unspecified atom stereocenters. The number of nitrogens with one attached hydrogen (secondary N) is 1. The number of carbonyl (C=O) groups is 1. The van der Waals surface area contributed by atoms with Crippen LogP contribution in [0.3, 0.4) is 0 Å². The summed E-state index contributed by atoms with van der Waals surface area (Å²) in [4.78, 5) is 23.0. The zero-order chi connectivity index (χ0) is 18.2. The van der Waals surface area contributed by atoms with Crippen molar-refractivity contribution in [3.8, 4) is 11.5 Å². The molecule has 25 heavy (non-hydrogen) atoms. The molecule has 0 saturated heterocycles. The van der Waals surface area contributed by atoms with Gasteiger partial charge < -0.3 is 23.9 Å². The average Bonchev–Trinajstić information content (AvgIpc) is 3.12. The molecule has 0 aliphatic rings. The molecule has 0 aliphatic heterocycles. The molecule has 0 spiro atoms. The van der Waals surface area contributed by atoms with E-state index in [9.17, 15) is 14.9 Å². The quantitative estimate of drug-likeness (QED) is 0.419. The van der Waals surface area contributed by atoms with Gasteiger partial charge in [0.2, 0.25) is 0 Å². The summed E-state index contributed by atoms with van der Waals surface area (Å²) in [6.45, 7) is 0.605. The van der Waals surface area contributed by atoms with Crippen LogP contribution in [0.4, 0.5) is 5.69 Å². The van der Waals surface area contributed by atoms with Crippen LogP contribution in [-0.4, -0.2) is 38.3 Å². The number of hydrogen-bond donors (Lipinski definition) is 1. The minimum Gasteiger partial charge on any atom is -0.493 e. The van der Waals surface area contributed by atoms with E-state index in [1.54, 1.807) is 12.1 Å². The van der Waals surface area contributed by atoms with E-state index in [1.165, 1.54) is 26.5 Å². The fraction of sp³-hybridized carbons (Fsp3) is 0.312. The Hall–Kier alpha value is -3.07. The van der Waals surface area contributed by atoms with Crippen molar-refractivity contribution in [1.82, 2.24) is 5.32 Å². The number of nitro benzene ring substituents is 1. The largest absolute Gasteiger partial charge is 0.493 e. The van der Waals surface area contributed by atoms with E-state index >= 15 is 0 Å². The van der Waals surface area contributed by atoms with Gasteiger partial charge in [-0.3, -0.25) is 14.9 Å². The molecular formula is C16H18N2O7. The van der Waals surface area contributed by atoms with Crippen molar-refractivity contribution in [2.45, 2.75) is 6.54 Å². The first-order valence-corrected chi connectivity index (χ1v) is 7.35. The standard InChI is InChI=1S/C16H18N2O7/c1-22-6-7-25-15-9-13(18(20)21)12(8-14(15)23-2)16(19)17-10-11-4-3-5-24-11/h3-5,8-9H,6-7,10H2,1-2H3,(H,17,19). The van der Waals surface area contributed by atoms with Crippen molar-refractivity contribution in [3.05, 3.63) is 52.0 Å². The Balaban J connectivity index is 2.25. The van der Waals surface area contributed by atoms with Gasteiger partial charge in [0.25, 0.3) is 11.6 Å². The van der Waals surface area contributed by atoms with E-state index in [4.69, 9.17) is 18.6 Å². The van der Waals surface area contributed by atoms with Gasteiger partial charge in [0.15, 0.2) is 11.5 Å². The number of nitrogens with zero attached hydrogens (tertiary/aromatic N) is 1. The predicted molar refractivity (Wildman–Crippen MR) is 86.9 cm³/mol. The minimum atomic E-state index is -0.648. The highest BCUT2D eigenvalue weighted by Gasteiger charge is 2.24. The molecule has 1 aromatic carbocycles. The minimum absolute atomic E-state index is 0.109. The van der Waals surface area contributed by atoms with Crippen molar-refractivity contribution < 1.29 is 28.3 Å². The van der Waals surface area contributed by atoms with Crippen LogP contribution >= 0.6 is 0 Å². The number of ether oxygens (including phenoxy) is 3. The Bertz CT molecular complexity index is 728. The maximum Gasteiger partial charge on any atom is 0.286 e. The molecule has 2 aromatic rings.